The summed E-state index contributed by atoms with van der Waals surface area (Å²) in [5, 5.41) is 0. The lowest BCUT2D eigenvalue weighted by Gasteiger charge is -2.12. The van der Waals surface area contributed by atoms with Gasteiger partial charge in [-0.3, -0.25) is 4.90 Å². The van der Waals surface area contributed by atoms with Gasteiger partial charge in [-0.25, -0.2) is 0 Å². The van der Waals surface area contributed by atoms with Crippen molar-refractivity contribution in [2.45, 2.75) is 6.92 Å². The Morgan fingerprint density at radius 3 is 2.56 bits per heavy atom. The summed E-state index contributed by atoms with van der Waals surface area (Å²) in [4.78, 5) is 4.80. The largest absolute Gasteiger partial charge is 0.305 e. The molecule has 0 saturated carbocycles. The molecule has 0 amide bonds. The van der Waals surface area contributed by atoms with Crippen molar-refractivity contribution in [2.75, 3.05) is 39.8 Å². The van der Waals surface area contributed by atoms with Crippen molar-refractivity contribution in [1.82, 2.24) is 9.80 Å². The van der Waals surface area contributed by atoms with Gasteiger partial charge in [-0.2, -0.15) is 0 Å². The summed E-state index contributed by atoms with van der Waals surface area (Å²) in [5.74, 6) is 0. The smallest absolute Gasteiger partial charge is 0.0110 e. The number of nitrogens with zero attached hydrogens (tertiary/aromatic N) is 2. The van der Waals surface area contributed by atoms with Gasteiger partial charge in [0.1, 0.15) is 0 Å². The van der Waals surface area contributed by atoms with Gasteiger partial charge in [0.15, 0.2) is 0 Å². The van der Waals surface area contributed by atoms with Crippen molar-refractivity contribution >= 4 is 0 Å². The van der Waals surface area contributed by atoms with Crippen LogP contribution in [-0.2, 0) is 0 Å². The van der Waals surface area contributed by atoms with Crippen molar-refractivity contribution in [1.29, 1.82) is 0 Å². The second-order valence-electron chi connectivity index (χ2n) is 2.74. The molecule has 2 heteroatoms. The minimum absolute atomic E-state index is 1.17. The zero-order valence-electron chi connectivity index (χ0n) is 6.43. The fraction of sp³-hybridized carbons (Fsp3) is 1.00. The molecule has 0 aromatic carbocycles. The molecule has 0 aromatic heterocycles. The first-order valence-electron chi connectivity index (χ1n) is 3.74. The van der Waals surface area contributed by atoms with Gasteiger partial charge in [0.2, 0.25) is 0 Å². The van der Waals surface area contributed by atoms with Gasteiger partial charge < -0.3 is 4.90 Å². The third-order valence-electron chi connectivity index (χ3n) is 1.88. The predicted octanol–water partition coefficient (Wildman–Crippen LogP) is 0.254. The number of likely N-dealkylation sites (N-methyl/N-ethyl adjacent to an activating group) is 1. The maximum Gasteiger partial charge on any atom is 0.0110 e. The Hall–Kier alpha value is -0.0800. The molecule has 0 aliphatic carbocycles. The molecule has 1 heterocycles. The second kappa shape index (κ2) is 3.18. The van der Waals surface area contributed by atoms with E-state index in [2.05, 4.69) is 23.8 Å². The standard InChI is InChI=1S/C7H16N2/c1-3-8(2)4-5-9-6-7-9/h3-7H2,1-2H3. The van der Waals surface area contributed by atoms with Gasteiger partial charge in [0.25, 0.3) is 0 Å². The highest BCUT2D eigenvalue weighted by atomic mass is 15.3. The minimum Gasteiger partial charge on any atom is -0.305 e. The molecule has 0 spiro atoms. The van der Waals surface area contributed by atoms with E-state index in [-0.39, 0.29) is 0 Å². The third kappa shape index (κ3) is 2.82. The van der Waals surface area contributed by atoms with Crippen molar-refractivity contribution in [2.24, 2.45) is 0 Å². The van der Waals surface area contributed by atoms with E-state index in [0.29, 0.717) is 0 Å². The summed E-state index contributed by atoms with van der Waals surface area (Å²) in [6, 6.07) is 0. The monoisotopic (exact) mass is 128 g/mol. The lowest BCUT2D eigenvalue weighted by atomic mass is 10.5. The molecule has 1 aliphatic rings. The first-order chi connectivity index (χ1) is 4.33. The maximum atomic E-state index is 2.45. The van der Waals surface area contributed by atoms with Gasteiger partial charge in [-0.15, -0.1) is 0 Å². The van der Waals surface area contributed by atoms with Crippen molar-refractivity contribution < 1.29 is 0 Å². The number of rotatable bonds is 4. The van der Waals surface area contributed by atoms with Crippen LogP contribution in [0.1, 0.15) is 6.92 Å². The summed E-state index contributed by atoms with van der Waals surface area (Å²) < 4.78 is 0. The minimum atomic E-state index is 1.17. The lowest BCUT2D eigenvalue weighted by Crippen LogP contribution is -2.24. The molecule has 0 aromatic rings. The van der Waals surface area contributed by atoms with E-state index < -0.39 is 0 Å². The molecule has 0 unspecified atom stereocenters. The van der Waals surface area contributed by atoms with Crippen LogP contribution in [0, 0.1) is 0 Å². The molecule has 0 atom stereocenters. The van der Waals surface area contributed by atoms with Crippen LogP contribution in [-0.4, -0.2) is 49.6 Å². The summed E-state index contributed by atoms with van der Waals surface area (Å²) in [7, 11) is 2.17. The predicted molar refractivity (Wildman–Crippen MR) is 39.6 cm³/mol. The topological polar surface area (TPSA) is 6.25 Å². The molecule has 0 radical (unpaired) electrons. The highest BCUT2D eigenvalue weighted by Crippen LogP contribution is 2.01. The lowest BCUT2D eigenvalue weighted by molar-refractivity contribution is 0.327. The average molecular weight is 128 g/mol. The Morgan fingerprint density at radius 2 is 2.11 bits per heavy atom. The molecule has 1 fully saturated rings. The van der Waals surface area contributed by atoms with Gasteiger partial charge in [-0.05, 0) is 13.6 Å². The van der Waals surface area contributed by atoms with E-state index in [9.17, 15) is 0 Å². The van der Waals surface area contributed by atoms with Crippen molar-refractivity contribution in [3.05, 3.63) is 0 Å². The molecule has 54 valence electrons. The maximum absolute atomic E-state index is 2.45. The molecule has 1 rings (SSSR count). The normalized spacial score (nSPS) is 19.0. The number of hydrogen-bond acceptors (Lipinski definition) is 2. The Morgan fingerprint density at radius 1 is 1.44 bits per heavy atom. The fourth-order valence-corrected chi connectivity index (χ4v) is 0.765. The quantitative estimate of drug-likeness (QED) is 0.501. The molecule has 1 aliphatic heterocycles. The molecule has 9 heavy (non-hydrogen) atoms. The average Bonchev–Trinajstić information content (AvgIpc) is 2.65. The van der Waals surface area contributed by atoms with Crippen LogP contribution in [0.2, 0.25) is 0 Å². The molecular weight excluding hydrogens is 112 g/mol. The Kier molecular flexibility index (Phi) is 2.49. The fourth-order valence-electron chi connectivity index (χ4n) is 0.765. The van der Waals surface area contributed by atoms with Crippen LogP contribution in [0.25, 0.3) is 0 Å². The van der Waals surface area contributed by atoms with Crippen LogP contribution in [0.15, 0.2) is 0 Å². The van der Waals surface area contributed by atoms with Gasteiger partial charge >= 0.3 is 0 Å². The second-order valence-corrected chi connectivity index (χ2v) is 2.74. The summed E-state index contributed by atoms with van der Waals surface area (Å²) in [5.41, 5.74) is 0. The van der Waals surface area contributed by atoms with Crippen LogP contribution in [0.3, 0.4) is 0 Å². The van der Waals surface area contributed by atoms with E-state index in [1.54, 1.807) is 0 Å². The zero-order valence-corrected chi connectivity index (χ0v) is 6.43. The molecule has 0 N–H and O–H groups in total. The van der Waals surface area contributed by atoms with E-state index >= 15 is 0 Å². The van der Waals surface area contributed by atoms with Gasteiger partial charge in [0.05, 0.1) is 0 Å². The van der Waals surface area contributed by atoms with Crippen LogP contribution in [0.5, 0.6) is 0 Å². The first kappa shape index (κ1) is 7.03. The van der Waals surface area contributed by atoms with Crippen LogP contribution < -0.4 is 0 Å². The highest BCUT2D eigenvalue weighted by molar-refractivity contribution is 4.72. The molecule has 2 nitrogen and oxygen atoms in total. The van der Waals surface area contributed by atoms with E-state index in [1.807, 2.05) is 0 Å². The van der Waals surface area contributed by atoms with Gasteiger partial charge in [0, 0.05) is 26.2 Å². The Labute approximate surface area is 57.4 Å². The Bertz CT molecular complexity index is 79.0. The number of hydrogen-bond donors (Lipinski definition) is 0. The zero-order chi connectivity index (χ0) is 6.69. The van der Waals surface area contributed by atoms with E-state index in [0.717, 1.165) is 0 Å². The SMILES string of the molecule is CCN(C)CCN1CC1. The van der Waals surface area contributed by atoms with Crippen molar-refractivity contribution in [3.63, 3.8) is 0 Å². The summed E-state index contributed by atoms with van der Waals surface area (Å²) in [6.07, 6.45) is 0. The summed E-state index contributed by atoms with van der Waals surface area (Å²) in [6.45, 7) is 8.53. The van der Waals surface area contributed by atoms with Gasteiger partial charge in [-0.1, -0.05) is 6.92 Å². The van der Waals surface area contributed by atoms with E-state index in [4.69, 9.17) is 0 Å². The molecule has 1 saturated heterocycles. The summed E-state index contributed by atoms with van der Waals surface area (Å²) >= 11 is 0. The third-order valence-corrected chi connectivity index (χ3v) is 1.88. The highest BCUT2D eigenvalue weighted by Gasteiger charge is 2.15. The molecule has 0 bridgehead atoms. The first-order valence-corrected chi connectivity index (χ1v) is 3.74. The van der Waals surface area contributed by atoms with Crippen LogP contribution in [0.4, 0.5) is 0 Å². The van der Waals surface area contributed by atoms with Crippen LogP contribution >= 0.6 is 0 Å². The van der Waals surface area contributed by atoms with E-state index in [1.165, 1.54) is 32.7 Å². The van der Waals surface area contributed by atoms with Crippen molar-refractivity contribution in [3.8, 4) is 0 Å². The Balaban J connectivity index is 1.90. The molecular formula is C7H16N2.